The van der Waals surface area contributed by atoms with E-state index in [1.54, 1.807) is 42.5 Å². The van der Waals surface area contributed by atoms with Crippen molar-refractivity contribution in [2.24, 2.45) is 10.8 Å². The second-order valence-electron chi connectivity index (χ2n) is 17.9. The van der Waals surface area contributed by atoms with Gasteiger partial charge in [-0.15, -0.1) is 0 Å². The number of hydrogen-bond donors (Lipinski definition) is 9. The number of nitrogens with one attached hydrogen (secondary N) is 8. The minimum absolute atomic E-state index is 0.0515. The highest BCUT2D eigenvalue weighted by atomic mass is 16.6. The average molecular weight is 1060 g/mol. The van der Waals surface area contributed by atoms with Crippen LogP contribution in [0, 0.1) is 17.8 Å². The van der Waals surface area contributed by atoms with Gasteiger partial charge in [0.05, 0.1) is 49.8 Å². The zero-order valence-electron chi connectivity index (χ0n) is 44.8. The van der Waals surface area contributed by atoms with Crippen LogP contribution in [0.15, 0.2) is 66.7 Å². The lowest BCUT2D eigenvalue weighted by Crippen LogP contribution is -2.50. The molecule has 9 N–H and O–H groups in total. The largest absolute Gasteiger partial charge is 0.465 e. The van der Waals surface area contributed by atoms with Crippen LogP contribution in [0.2, 0.25) is 0 Å². The molecule has 1 aliphatic carbocycles. The minimum atomic E-state index is -1.08. The van der Waals surface area contributed by atoms with Crippen molar-refractivity contribution in [1.82, 2.24) is 21.3 Å². The lowest BCUT2D eigenvalue weighted by molar-refractivity contribution is 0.0661. The molecule has 2 unspecified atom stereocenters. The van der Waals surface area contributed by atoms with E-state index in [2.05, 4.69) is 96.5 Å². The van der Waals surface area contributed by atoms with Gasteiger partial charge in [-0.05, 0) is 109 Å². The molecule has 1 aliphatic rings. The molecule has 2 atom stereocenters. The Balaban J connectivity index is 0.000000504. The van der Waals surface area contributed by atoms with Gasteiger partial charge in [0.1, 0.15) is 0 Å². The molecule has 0 aliphatic heterocycles. The van der Waals surface area contributed by atoms with E-state index < -0.39 is 48.7 Å². The van der Waals surface area contributed by atoms with Crippen LogP contribution in [-0.4, -0.2) is 129 Å². The molecular formula is C51H76N8O16. The van der Waals surface area contributed by atoms with E-state index in [1.165, 1.54) is 49.8 Å². The molecule has 4 rings (SSSR count). The maximum Gasteiger partial charge on any atom is 0.411 e. The number of carboxylic acid groups (broad SMARTS) is 1. The number of amides is 8. The van der Waals surface area contributed by atoms with Crippen LogP contribution < -0.4 is 42.5 Å². The summed E-state index contributed by atoms with van der Waals surface area (Å²) in [5, 5.41) is 29.4. The Morgan fingerprint density at radius 2 is 0.920 bits per heavy atom. The molecule has 1 saturated carbocycles. The van der Waals surface area contributed by atoms with Gasteiger partial charge in [0.2, 0.25) is 0 Å². The van der Waals surface area contributed by atoms with Crippen LogP contribution in [-0.2, 0) is 39.6 Å². The van der Waals surface area contributed by atoms with Gasteiger partial charge in [-0.3, -0.25) is 21.3 Å². The van der Waals surface area contributed by atoms with Gasteiger partial charge in [0.15, 0.2) is 0 Å². The summed E-state index contributed by atoms with van der Waals surface area (Å²) in [6, 6.07) is 19.7. The molecule has 75 heavy (non-hydrogen) atoms. The number of unbranched alkanes of at least 4 members (excludes halogenated alkanes) is 3. The van der Waals surface area contributed by atoms with Gasteiger partial charge >= 0.3 is 48.7 Å². The molecule has 0 spiro atoms. The zero-order valence-corrected chi connectivity index (χ0v) is 44.8. The van der Waals surface area contributed by atoms with Gasteiger partial charge in [-0.1, -0.05) is 63.9 Å². The third kappa shape index (κ3) is 29.2. The Bertz CT molecular complexity index is 2240. The summed E-state index contributed by atoms with van der Waals surface area (Å²) in [6.07, 6.45) is 2.88. The van der Waals surface area contributed by atoms with E-state index in [9.17, 15) is 38.4 Å². The Morgan fingerprint density at radius 1 is 0.507 bits per heavy atom. The summed E-state index contributed by atoms with van der Waals surface area (Å²) in [4.78, 5) is 87.6. The van der Waals surface area contributed by atoms with E-state index in [-0.39, 0.29) is 16.9 Å². The molecule has 3 aromatic rings. The van der Waals surface area contributed by atoms with Crippen molar-refractivity contribution in [3.05, 3.63) is 83.4 Å². The maximum atomic E-state index is 11.4. The van der Waals surface area contributed by atoms with Gasteiger partial charge in [0.25, 0.3) is 0 Å². The molecule has 0 radical (unpaired) electrons. The van der Waals surface area contributed by atoms with Crippen molar-refractivity contribution in [2.75, 3.05) is 90.7 Å². The number of alkyl carbamates (subject to hydrolysis) is 4. The van der Waals surface area contributed by atoms with Gasteiger partial charge in [0, 0.05) is 48.4 Å². The highest BCUT2D eigenvalue weighted by molar-refractivity contribution is 5.89. The third-order valence-electron chi connectivity index (χ3n) is 10.9. The van der Waals surface area contributed by atoms with E-state index in [0.717, 1.165) is 61.6 Å². The second kappa shape index (κ2) is 35.1. The molecule has 416 valence electrons. The average Bonchev–Trinajstić information content (AvgIpc) is 3.37. The molecule has 0 aromatic heterocycles. The maximum absolute atomic E-state index is 11.4. The summed E-state index contributed by atoms with van der Waals surface area (Å²) in [6.45, 7) is 10.1. The van der Waals surface area contributed by atoms with E-state index in [4.69, 9.17) is 5.11 Å². The van der Waals surface area contributed by atoms with Crippen molar-refractivity contribution >= 4 is 71.5 Å². The van der Waals surface area contributed by atoms with Gasteiger partial charge in [-0.2, -0.15) is 0 Å². The first-order valence-corrected chi connectivity index (χ1v) is 23.7. The molecule has 0 heterocycles. The number of anilines is 4. The molecule has 24 heteroatoms. The highest BCUT2D eigenvalue weighted by Crippen LogP contribution is 2.45. The van der Waals surface area contributed by atoms with Crippen LogP contribution in [0.4, 0.5) is 61.1 Å². The number of carbonyl (C=O) groups is 8. The monoisotopic (exact) mass is 1060 g/mol. The topological polar surface area (TPSA) is 318 Å². The standard InChI is InChI=1S/C16H16N2O4.C14H26N2O4.C11H14N2O4.C10H20N2O4/c1-22-16(21)18-14-8-4-12(5-9-14)10-11-2-6-13(7-3-11)17-15(19)20;1-13(2)6-10(16-12(18)20-5)7-14(3,8-13)9-15-11(17)19-4;1-7-4-5-8(12-10(14)16-2)6-9(7)13-11(15)17-3;1-15-9(13)11-7-5-3-4-6-8-12-10(14)16-2/h2-9,17H,10H2,1H3,(H,18,21)(H,19,20);10H,6-9H2,1-5H3,(H,15,17)(H,16,18);4-6H,1-3H3,(H,12,14)(H,13,15);3-8H2,1-2H3,(H,11,13)(H,12,14). The highest BCUT2D eigenvalue weighted by Gasteiger charge is 2.42. The lowest BCUT2D eigenvalue weighted by atomic mass is 9.62. The predicted octanol–water partition coefficient (Wildman–Crippen LogP) is 9.44. The second-order valence-corrected chi connectivity index (χ2v) is 17.9. The van der Waals surface area contributed by atoms with E-state index in [0.29, 0.717) is 48.8 Å². The summed E-state index contributed by atoms with van der Waals surface area (Å²) in [5.41, 5.74) is 5.29. The molecule has 0 bridgehead atoms. The Labute approximate surface area is 438 Å². The quantitative estimate of drug-likeness (QED) is 0.0476. The Morgan fingerprint density at radius 3 is 1.37 bits per heavy atom. The van der Waals surface area contributed by atoms with E-state index >= 15 is 0 Å². The van der Waals surface area contributed by atoms with Gasteiger partial charge in [-0.25, -0.2) is 38.4 Å². The van der Waals surface area contributed by atoms with Crippen molar-refractivity contribution in [3.8, 4) is 0 Å². The Hall–Kier alpha value is -8.18. The fourth-order valence-corrected chi connectivity index (χ4v) is 7.69. The van der Waals surface area contributed by atoms with Crippen LogP contribution in [0.5, 0.6) is 0 Å². The first kappa shape index (κ1) is 64.8. The number of methoxy groups -OCH3 is 7. The normalized spacial score (nSPS) is 14.6. The predicted molar refractivity (Wildman–Crippen MR) is 281 cm³/mol. The number of aryl methyl sites for hydroxylation is 1. The third-order valence-corrected chi connectivity index (χ3v) is 10.9. The molecule has 24 nitrogen and oxygen atoms in total. The lowest BCUT2D eigenvalue weighted by Gasteiger charge is -2.46. The van der Waals surface area contributed by atoms with Crippen LogP contribution in [0.25, 0.3) is 0 Å². The first-order chi connectivity index (χ1) is 35.5. The fourth-order valence-electron chi connectivity index (χ4n) is 7.69. The number of benzene rings is 3. The van der Waals surface area contributed by atoms with Crippen LogP contribution in [0.3, 0.4) is 0 Å². The SMILES string of the molecule is COC(=O)NCC1(C)CC(NC(=O)OC)CC(C)(C)C1.COC(=O)NCCCCCCNC(=O)OC.COC(=O)Nc1ccc(C)c(NC(=O)OC)c1.COC(=O)Nc1ccc(Cc2ccc(NC(=O)O)cc2)cc1. The molecule has 8 amide bonds. The zero-order chi connectivity index (χ0) is 56.4. The van der Waals surface area contributed by atoms with Crippen molar-refractivity contribution in [2.45, 2.75) is 85.1 Å². The van der Waals surface area contributed by atoms with Gasteiger partial charge < -0.3 is 59.5 Å². The summed E-state index contributed by atoms with van der Waals surface area (Å²) in [7, 11) is 9.26. The number of hydrogen-bond acceptors (Lipinski definition) is 15. The molecular weight excluding hydrogens is 981 g/mol. The summed E-state index contributed by atoms with van der Waals surface area (Å²) >= 11 is 0. The van der Waals surface area contributed by atoms with Crippen molar-refractivity contribution < 1.29 is 76.6 Å². The van der Waals surface area contributed by atoms with E-state index in [1.807, 2.05) is 31.2 Å². The molecule has 0 saturated heterocycles. The smallest absolute Gasteiger partial charge is 0.411 e. The molecule has 1 fully saturated rings. The number of carbonyl (C=O) groups excluding carboxylic acids is 7. The van der Waals surface area contributed by atoms with Crippen LogP contribution in [0.1, 0.15) is 82.4 Å². The molecule has 3 aromatic carbocycles. The fraction of sp³-hybridized carbons (Fsp3) is 0.490. The minimum Gasteiger partial charge on any atom is -0.465 e. The summed E-state index contributed by atoms with van der Waals surface area (Å²) in [5.74, 6) is 0. The number of ether oxygens (including phenoxy) is 7. The number of rotatable bonds is 16. The van der Waals surface area contributed by atoms with Crippen molar-refractivity contribution in [1.29, 1.82) is 0 Å². The Kier molecular flexibility index (Phi) is 30.3. The van der Waals surface area contributed by atoms with Crippen LogP contribution >= 0.6 is 0 Å². The first-order valence-electron chi connectivity index (χ1n) is 23.7. The summed E-state index contributed by atoms with van der Waals surface area (Å²) < 4.78 is 31.6. The van der Waals surface area contributed by atoms with Crippen molar-refractivity contribution in [3.63, 3.8) is 0 Å².